The van der Waals surface area contributed by atoms with Crippen molar-refractivity contribution in [1.82, 2.24) is 4.90 Å². The van der Waals surface area contributed by atoms with Crippen LogP contribution in [0.3, 0.4) is 0 Å². The lowest BCUT2D eigenvalue weighted by Crippen LogP contribution is -2.55. The van der Waals surface area contributed by atoms with E-state index in [-0.39, 0.29) is 5.91 Å². The SMILES string of the molecule is CCC(C)(N)C(=O)N1CCCC1C1CCCCC1. The average molecular weight is 252 g/mol. The summed E-state index contributed by atoms with van der Waals surface area (Å²) in [5.74, 6) is 0.913. The summed E-state index contributed by atoms with van der Waals surface area (Å²) in [6.45, 7) is 4.81. The number of nitrogens with zero attached hydrogens (tertiary/aromatic N) is 1. The van der Waals surface area contributed by atoms with Crippen LogP contribution >= 0.6 is 0 Å². The standard InChI is InChI=1S/C15H28N2O/c1-3-15(2,16)14(18)17-11-7-10-13(17)12-8-5-4-6-9-12/h12-13H,3-11,16H2,1-2H3. The predicted molar refractivity (Wildman–Crippen MR) is 74.2 cm³/mol. The van der Waals surface area contributed by atoms with Crippen LogP contribution in [0.25, 0.3) is 0 Å². The number of amides is 1. The van der Waals surface area contributed by atoms with E-state index in [9.17, 15) is 4.79 Å². The molecule has 0 aromatic heterocycles. The highest BCUT2D eigenvalue weighted by atomic mass is 16.2. The van der Waals surface area contributed by atoms with Crippen molar-refractivity contribution in [3.05, 3.63) is 0 Å². The molecule has 0 spiro atoms. The summed E-state index contributed by atoms with van der Waals surface area (Å²) >= 11 is 0. The number of hydrogen-bond acceptors (Lipinski definition) is 2. The lowest BCUT2D eigenvalue weighted by Gasteiger charge is -2.37. The molecule has 2 fully saturated rings. The molecule has 2 unspecified atom stereocenters. The van der Waals surface area contributed by atoms with E-state index in [4.69, 9.17) is 5.73 Å². The Morgan fingerprint density at radius 1 is 1.22 bits per heavy atom. The van der Waals surface area contributed by atoms with Crippen LogP contribution in [0.4, 0.5) is 0 Å². The molecule has 0 radical (unpaired) electrons. The van der Waals surface area contributed by atoms with Crippen LogP contribution in [-0.2, 0) is 4.79 Å². The van der Waals surface area contributed by atoms with Gasteiger partial charge in [-0.15, -0.1) is 0 Å². The summed E-state index contributed by atoms with van der Waals surface area (Å²) in [7, 11) is 0. The molecule has 1 amide bonds. The lowest BCUT2D eigenvalue weighted by atomic mass is 9.82. The van der Waals surface area contributed by atoms with Crippen molar-refractivity contribution in [2.45, 2.75) is 76.8 Å². The van der Waals surface area contributed by atoms with Gasteiger partial charge in [0.2, 0.25) is 5.91 Å². The molecule has 2 atom stereocenters. The Balaban J connectivity index is 2.04. The minimum Gasteiger partial charge on any atom is -0.338 e. The monoisotopic (exact) mass is 252 g/mol. The fourth-order valence-corrected chi connectivity index (χ4v) is 3.53. The third-order valence-electron chi connectivity index (χ3n) is 4.98. The van der Waals surface area contributed by atoms with Gasteiger partial charge in [-0.25, -0.2) is 0 Å². The number of rotatable bonds is 3. The maximum atomic E-state index is 12.6. The van der Waals surface area contributed by atoms with Crippen LogP contribution in [0.1, 0.15) is 65.2 Å². The van der Waals surface area contributed by atoms with Crippen LogP contribution < -0.4 is 5.73 Å². The summed E-state index contributed by atoms with van der Waals surface area (Å²) in [4.78, 5) is 14.7. The van der Waals surface area contributed by atoms with E-state index in [2.05, 4.69) is 4.90 Å². The van der Waals surface area contributed by atoms with Crippen LogP contribution in [0, 0.1) is 5.92 Å². The van der Waals surface area contributed by atoms with Crippen molar-refractivity contribution in [2.24, 2.45) is 11.7 Å². The molecule has 2 aliphatic rings. The van der Waals surface area contributed by atoms with E-state index in [1.165, 1.54) is 38.5 Å². The number of carbonyl (C=O) groups is 1. The van der Waals surface area contributed by atoms with Gasteiger partial charge in [-0.05, 0) is 44.9 Å². The first-order valence-corrected chi connectivity index (χ1v) is 7.66. The summed E-state index contributed by atoms with van der Waals surface area (Å²) in [5, 5.41) is 0. The maximum Gasteiger partial charge on any atom is 0.242 e. The lowest BCUT2D eigenvalue weighted by molar-refractivity contribution is -0.138. The van der Waals surface area contributed by atoms with Gasteiger partial charge < -0.3 is 10.6 Å². The highest BCUT2D eigenvalue weighted by molar-refractivity contribution is 5.86. The predicted octanol–water partition coefficient (Wildman–Crippen LogP) is 2.69. The number of carbonyl (C=O) groups excluding carboxylic acids is 1. The molecule has 104 valence electrons. The van der Waals surface area contributed by atoms with Gasteiger partial charge in [0.1, 0.15) is 0 Å². The Morgan fingerprint density at radius 2 is 1.89 bits per heavy atom. The quantitative estimate of drug-likeness (QED) is 0.839. The van der Waals surface area contributed by atoms with Crippen molar-refractivity contribution >= 4 is 5.91 Å². The highest BCUT2D eigenvalue weighted by Crippen LogP contribution is 2.35. The van der Waals surface area contributed by atoms with E-state index < -0.39 is 5.54 Å². The molecule has 1 aliphatic heterocycles. The Bertz CT molecular complexity index is 295. The van der Waals surface area contributed by atoms with Gasteiger partial charge in [-0.2, -0.15) is 0 Å². The van der Waals surface area contributed by atoms with Crippen molar-refractivity contribution < 1.29 is 4.79 Å². The van der Waals surface area contributed by atoms with Gasteiger partial charge in [0.25, 0.3) is 0 Å². The smallest absolute Gasteiger partial charge is 0.242 e. The Hall–Kier alpha value is -0.570. The van der Waals surface area contributed by atoms with Crippen LogP contribution in [-0.4, -0.2) is 28.9 Å². The molecule has 3 nitrogen and oxygen atoms in total. The van der Waals surface area contributed by atoms with E-state index >= 15 is 0 Å². The Kier molecular flexibility index (Phi) is 4.31. The van der Waals surface area contributed by atoms with Crippen LogP contribution in [0.5, 0.6) is 0 Å². The molecule has 1 heterocycles. The first kappa shape index (κ1) is 13.9. The summed E-state index contributed by atoms with van der Waals surface area (Å²) < 4.78 is 0. The summed E-state index contributed by atoms with van der Waals surface area (Å²) in [5.41, 5.74) is 5.47. The van der Waals surface area contributed by atoms with E-state index in [1.54, 1.807) is 0 Å². The first-order chi connectivity index (χ1) is 8.56. The topological polar surface area (TPSA) is 46.3 Å². The zero-order chi connectivity index (χ0) is 13.2. The molecule has 3 heteroatoms. The highest BCUT2D eigenvalue weighted by Gasteiger charge is 2.40. The third-order valence-corrected chi connectivity index (χ3v) is 4.98. The van der Waals surface area contributed by atoms with E-state index in [0.717, 1.165) is 25.3 Å². The van der Waals surface area contributed by atoms with Gasteiger partial charge in [0.05, 0.1) is 5.54 Å². The second-order valence-corrected chi connectivity index (χ2v) is 6.38. The fraction of sp³-hybridized carbons (Fsp3) is 0.933. The molecule has 0 aromatic carbocycles. The molecule has 0 aromatic rings. The first-order valence-electron chi connectivity index (χ1n) is 7.66. The minimum atomic E-state index is -0.669. The van der Waals surface area contributed by atoms with Crippen molar-refractivity contribution in [3.63, 3.8) is 0 Å². The van der Waals surface area contributed by atoms with Crippen molar-refractivity contribution in [1.29, 1.82) is 0 Å². The minimum absolute atomic E-state index is 0.179. The zero-order valence-corrected chi connectivity index (χ0v) is 12.0. The molecule has 2 N–H and O–H groups in total. The average Bonchev–Trinajstić information content (AvgIpc) is 2.87. The molecule has 1 aliphatic carbocycles. The van der Waals surface area contributed by atoms with Gasteiger partial charge in [0.15, 0.2) is 0 Å². The Morgan fingerprint density at radius 3 is 2.50 bits per heavy atom. The summed E-state index contributed by atoms with van der Waals surface area (Å²) in [6, 6.07) is 0.479. The fourth-order valence-electron chi connectivity index (χ4n) is 3.53. The van der Waals surface area contributed by atoms with E-state index in [0.29, 0.717) is 6.04 Å². The molecule has 0 bridgehead atoms. The van der Waals surface area contributed by atoms with Gasteiger partial charge in [0, 0.05) is 12.6 Å². The van der Waals surface area contributed by atoms with E-state index in [1.807, 2.05) is 13.8 Å². The normalized spacial score (nSPS) is 29.3. The van der Waals surface area contributed by atoms with Gasteiger partial charge in [-0.3, -0.25) is 4.79 Å². The number of hydrogen-bond donors (Lipinski definition) is 1. The molecule has 1 saturated carbocycles. The number of likely N-dealkylation sites (tertiary alicyclic amines) is 1. The summed E-state index contributed by atoms with van der Waals surface area (Å²) in [6.07, 6.45) is 9.75. The molecular formula is C15H28N2O. The largest absolute Gasteiger partial charge is 0.338 e. The Labute approximate surface area is 111 Å². The number of nitrogens with two attached hydrogens (primary N) is 1. The van der Waals surface area contributed by atoms with Gasteiger partial charge >= 0.3 is 0 Å². The maximum absolute atomic E-state index is 12.6. The molecule has 2 rings (SSSR count). The van der Waals surface area contributed by atoms with Crippen LogP contribution in [0.15, 0.2) is 0 Å². The van der Waals surface area contributed by atoms with Gasteiger partial charge in [-0.1, -0.05) is 26.2 Å². The zero-order valence-electron chi connectivity index (χ0n) is 12.0. The van der Waals surface area contributed by atoms with Crippen LogP contribution in [0.2, 0.25) is 0 Å². The molecular weight excluding hydrogens is 224 g/mol. The third kappa shape index (κ3) is 2.71. The van der Waals surface area contributed by atoms with Crippen molar-refractivity contribution in [2.75, 3.05) is 6.54 Å². The molecule has 1 saturated heterocycles. The second-order valence-electron chi connectivity index (χ2n) is 6.38. The second kappa shape index (κ2) is 5.60. The van der Waals surface area contributed by atoms with Crippen molar-refractivity contribution in [3.8, 4) is 0 Å². The molecule has 18 heavy (non-hydrogen) atoms.